The maximum atomic E-state index is 14.4. The van der Waals surface area contributed by atoms with E-state index in [-0.39, 0.29) is 61.2 Å². The van der Waals surface area contributed by atoms with Crippen LogP contribution in [0.15, 0.2) is 48.5 Å². The summed E-state index contributed by atoms with van der Waals surface area (Å²) in [7, 11) is 0. The third-order valence-corrected chi connectivity index (χ3v) is 14.3. The Morgan fingerprint density at radius 2 is 0.458 bits per heavy atom. The second kappa shape index (κ2) is 20.9. The average molecular weight is 990 g/mol. The maximum absolute atomic E-state index is 14.4. The number of carbonyl (C=O) groups excluding carboxylic acids is 1. The number of phenols is 4. The Bertz CT molecular complexity index is 2070. The van der Waals surface area contributed by atoms with E-state index >= 15 is 0 Å². The van der Waals surface area contributed by atoms with Crippen LogP contribution in [0.2, 0.25) is 0 Å². The summed E-state index contributed by atoms with van der Waals surface area (Å²) in [5, 5.41) is 53.3. The van der Waals surface area contributed by atoms with E-state index in [2.05, 4.69) is 225 Å². The lowest BCUT2D eigenvalue weighted by Crippen LogP contribution is -2.41. The molecule has 6 N–H and O–H groups in total. The van der Waals surface area contributed by atoms with Crippen molar-refractivity contribution >= 4 is 6.03 Å². The van der Waals surface area contributed by atoms with Crippen LogP contribution in [0.25, 0.3) is 0 Å². The smallest absolute Gasteiger partial charge is 0.314 e. The van der Waals surface area contributed by atoms with Crippen LogP contribution in [-0.4, -0.2) is 39.5 Å². The average Bonchev–Trinajstić information content (AvgIpc) is 3.17. The highest BCUT2D eigenvalue weighted by molar-refractivity contribution is 5.73. The molecule has 0 atom stereocenters. The van der Waals surface area contributed by atoms with Gasteiger partial charge in [0.15, 0.2) is 0 Å². The highest BCUT2D eigenvalue weighted by Gasteiger charge is 2.32. The van der Waals surface area contributed by atoms with Crippen LogP contribution in [0.3, 0.4) is 0 Å². The van der Waals surface area contributed by atoms with Crippen LogP contribution in [0.1, 0.15) is 233 Å². The number of nitrogens with one attached hydrogen (secondary N) is 2. The van der Waals surface area contributed by atoms with Crippen molar-refractivity contribution in [2.75, 3.05) is 13.1 Å². The van der Waals surface area contributed by atoms with Crippen molar-refractivity contribution < 1.29 is 25.2 Å². The zero-order chi connectivity index (χ0) is 55.3. The molecule has 72 heavy (non-hydrogen) atoms. The van der Waals surface area contributed by atoms with Gasteiger partial charge in [-0.1, -0.05) is 215 Å². The second-order valence-corrected chi connectivity index (χ2v) is 29.8. The molecule has 0 heterocycles. The van der Waals surface area contributed by atoms with Gasteiger partial charge in [-0.05, 0) is 148 Å². The molecule has 0 radical (unpaired) electrons. The second-order valence-electron chi connectivity index (χ2n) is 29.8. The molecule has 7 nitrogen and oxygen atoms in total. The van der Waals surface area contributed by atoms with Gasteiger partial charge in [-0.25, -0.2) is 4.79 Å². The number of urea groups is 1. The Labute approximate surface area is 438 Å². The molecule has 4 aromatic rings. The maximum Gasteiger partial charge on any atom is 0.314 e. The molecule has 0 saturated heterocycles. The quantitative estimate of drug-likeness (QED) is 0.0844. The molecule has 0 aromatic heterocycles. The molecule has 4 rings (SSSR count). The number of carbonyl (C=O) groups is 1. The fourth-order valence-corrected chi connectivity index (χ4v) is 10.1. The Morgan fingerprint density at radius 1 is 0.319 bits per heavy atom. The zero-order valence-corrected chi connectivity index (χ0v) is 49.7. The number of amides is 2. The summed E-state index contributed by atoms with van der Waals surface area (Å²) in [5.41, 5.74) is 9.33. The molecule has 0 aliphatic heterocycles. The Hall–Kier alpha value is -4.65. The van der Waals surface area contributed by atoms with Crippen molar-refractivity contribution in [1.29, 1.82) is 0 Å². The molecule has 4 aromatic carbocycles. The van der Waals surface area contributed by atoms with E-state index < -0.39 is 0 Å². The summed E-state index contributed by atoms with van der Waals surface area (Å²) in [6, 6.07) is 17.0. The number of aromatic hydroxyl groups is 4. The summed E-state index contributed by atoms with van der Waals surface area (Å²) in [6.07, 6.45) is 2.64. The molecule has 2 amide bonds. The highest BCUT2D eigenvalue weighted by Crippen LogP contribution is 2.45. The van der Waals surface area contributed by atoms with Crippen molar-refractivity contribution in [3.8, 4) is 23.0 Å². The standard InChI is InChI=1S/C65H100N2O5/c1-58(2,3)45-29-39(30-46(53(45)68)59(4,5)6)25-43(26-40-31-47(60(7,8)9)54(69)48(32-40)61(10,11)12)37-66-57(72)67-38-44(27-41-33-49(62(13,14)15)55(70)50(34-41)63(16,17)18)28-42-35-51(64(19,20)21)56(71)52(36-42)65(22,23)24/h29-36,43-44,68-71H,25-28,37-38H2,1-24H3,(H2,66,67,72). The number of phenolic OH excluding ortho intramolecular Hbond substituents is 4. The van der Waals surface area contributed by atoms with Crippen LogP contribution in [0.4, 0.5) is 4.79 Å². The first kappa shape index (κ1) is 59.9. The summed E-state index contributed by atoms with van der Waals surface area (Å²) >= 11 is 0. The van der Waals surface area contributed by atoms with Gasteiger partial charge in [0.1, 0.15) is 23.0 Å². The number of hydrogen-bond donors (Lipinski definition) is 6. The van der Waals surface area contributed by atoms with Gasteiger partial charge in [-0.2, -0.15) is 0 Å². The lowest BCUT2D eigenvalue weighted by molar-refractivity contribution is 0.236. The topological polar surface area (TPSA) is 122 Å². The molecular formula is C65H100N2O5. The van der Waals surface area contributed by atoms with Crippen molar-refractivity contribution in [1.82, 2.24) is 10.6 Å². The number of benzene rings is 4. The first-order valence-corrected chi connectivity index (χ1v) is 26.8. The Kier molecular flexibility index (Phi) is 17.4. The normalized spacial score (nSPS) is 13.6. The van der Waals surface area contributed by atoms with E-state index in [1.54, 1.807) is 0 Å². The summed E-state index contributed by atoms with van der Waals surface area (Å²) in [5.74, 6) is 1.32. The molecular weight excluding hydrogens is 889 g/mol. The Balaban J connectivity index is 1.81. The van der Waals surface area contributed by atoms with Gasteiger partial charge < -0.3 is 31.1 Å². The van der Waals surface area contributed by atoms with E-state index in [1.165, 1.54) is 0 Å². The van der Waals surface area contributed by atoms with E-state index in [9.17, 15) is 25.2 Å². The molecule has 0 bridgehead atoms. The minimum atomic E-state index is -0.296. The third kappa shape index (κ3) is 15.2. The molecule has 0 spiro atoms. The van der Waals surface area contributed by atoms with E-state index in [4.69, 9.17) is 0 Å². The lowest BCUT2D eigenvalue weighted by Gasteiger charge is -2.30. The monoisotopic (exact) mass is 989 g/mol. The summed E-state index contributed by atoms with van der Waals surface area (Å²) in [4.78, 5) is 14.4. The van der Waals surface area contributed by atoms with E-state index in [1.807, 2.05) is 0 Å². The summed E-state index contributed by atoms with van der Waals surface area (Å²) in [6.45, 7) is 52.0. The highest BCUT2D eigenvalue weighted by atomic mass is 16.3. The van der Waals surface area contributed by atoms with Crippen LogP contribution < -0.4 is 10.6 Å². The molecule has 0 unspecified atom stereocenters. The van der Waals surface area contributed by atoms with E-state index in [0.29, 0.717) is 61.8 Å². The van der Waals surface area contributed by atoms with Crippen LogP contribution >= 0.6 is 0 Å². The Morgan fingerprint density at radius 3 is 0.583 bits per heavy atom. The molecule has 400 valence electrons. The van der Waals surface area contributed by atoms with Gasteiger partial charge in [-0.15, -0.1) is 0 Å². The fourth-order valence-electron chi connectivity index (χ4n) is 10.1. The summed E-state index contributed by atoms with van der Waals surface area (Å²) < 4.78 is 0. The van der Waals surface area contributed by atoms with Crippen molar-refractivity contribution in [2.45, 2.75) is 235 Å². The number of hydrogen-bond acceptors (Lipinski definition) is 5. The predicted molar refractivity (Wildman–Crippen MR) is 305 cm³/mol. The molecule has 0 aliphatic carbocycles. The largest absolute Gasteiger partial charge is 0.507 e. The van der Waals surface area contributed by atoms with Gasteiger partial charge in [0.25, 0.3) is 0 Å². The third-order valence-electron chi connectivity index (χ3n) is 14.3. The first-order chi connectivity index (χ1) is 32.3. The van der Waals surface area contributed by atoms with Gasteiger partial charge in [0.05, 0.1) is 0 Å². The predicted octanol–water partition coefficient (Wildman–Crippen LogP) is 15.7. The van der Waals surface area contributed by atoms with Crippen LogP contribution in [-0.2, 0) is 69.0 Å². The van der Waals surface area contributed by atoms with Crippen LogP contribution in [0, 0.1) is 11.8 Å². The van der Waals surface area contributed by atoms with Crippen LogP contribution in [0.5, 0.6) is 23.0 Å². The van der Waals surface area contributed by atoms with E-state index in [0.717, 1.165) is 66.8 Å². The lowest BCUT2D eigenvalue weighted by atomic mass is 9.76. The van der Waals surface area contributed by atoms with Gasteiger partial charge in [0.2, 0.25) is 0 Å². The van der Waals surface area contributed by atoms with Crippen molar-refractivity contribution in [2.24, 2.45) is 11.8 Å². The molecule has 0 fully saturated rings. The molecule has 7 heteroatoms. The molecule has 0 aliphatic rings. The van der Waals surface area contributed by atoms with Gasteiger partial charge >= 0.3 is 6.03 Å². The van der Waals surface area contributed by atoms with Gasteiger partial charge in [-0.3, -0.25) is 0 Å². The van der Waals surface area contributed by atoms with Crippen molar-refractivity contribution in [3.63, 3.8) is 0 Å². The van der Waals surface area contributed by atoms with Gasteiger partial charge in [0, 0.05) is 13.1 Å². The fraction of sp³-hybridized carbons (Fsp3) is 0.615. The minimum absolute atomic E-state index is 0.0332. The zero-order valence-electron chi connectivity index (χ0n) is 49.7. The first-order valence-electron chi connectivity index (χ1n) is 26.8. The molecule has 0 saturated carbocycles. The van der Waals surface area contributed by atoms with Crippen molar-refractivity contribution in [3.05, 3.63) is 115 Å². The number of rotatable bonds is 12. The SMILES string of the molecule is CC(C)(C)c1cc(CC(CNC(=O)NCC(Cc2cc(C(C)(C)C)c(O)c(C(C)(C)C)c2)Cc2cc(C(C)(C)C)c(O)c(C(C)(C)C)c2)Cc2cc(C(C)(C)C)c(O)c(C(C)(C)C)c2)cc(C(C)(C)C)c1O. The minimum Gasteiger partial charge on any atom is -0.507 e.